The zero-order valence-corrected chi connectivity index (χ0v) is 21.6. The van der Waals surface area contributed by atoms with Crippen LogP contribution in [0.1, 0.15) is 53.4 Å². The summed E-state index contributed by atoms with van der Waals surface area (Å²) in [6.45, 7) is 3.57. The molecule has 1 aliphatic carbocycles. The molecule has 0 spiro atoms. The number of esters is 1. The Morgan fingerprint density at radius 1 is 1.11 bits per heavy atom. The van der Waals surface area contributed by atoms with Crippen LogP contribution in [-0.2, 0) is 22.4 Å². The molecule has 9 nitrogen and oxygen atoms in total. The largest absolute Gasteiger partial charge is 0.495 e. The zero-order chi connectivity index (χ0) is 25.5. The van der Waals surface area contributed by atoms with E-state index in [-0.39, 0.29) is 18.4 Å². The summed E-state index contributed by atoms with van der Waals surface area (Å²) >= 11 is 1.42. The Kier molecular flexibility index (Phi) is 8.82. The maximum atomic E-state index is 13.4. The highest BCUT2D eigenvalue weighted by Crippen LogP contribution is 2.38. The SMILES string of the molecule is CCOC(=O)c1c(NC(=O)NC(C(=O)Nc2ccccc2OC)C2CCNCC2)sc2c1CCCC2. The number of carbonyl (C=O) groups excluding carboxylic acids is 3. The molecule has 3 amide bonds. The third-order valence-electron chi connectivity index (χ3n) is 6.67. The Labute approximate surface area is 215 Å². The number of para-hydroxylation sites is 2. The Morgan fingerprint density at radius 2 is 1.86 bits per heavy atom. The van der Waals surface area contributed by atoms with Gasteiger partial charge in [-0.25, -0.2) is 9.59 Å². The fraction of sp³-hybridized carbons (Fsp3) is 0.500. The van der Waals surface area contributed by atoms with Gasteiger partial charge in [-0.15, -0.1) is 11.3 Å². The summed E-state index contributed by atoms with van der Waals surface area (Å²) in [4.78, 5) is 40.5. The molecule has 10 heteroatoms. The van der Waals surface area contributed by atoms with Crippen molar-refractivity contribution in [3.8, 4) is 5.75 Å². The van der Waals surface area contributed by atoms with Crippen molar-refractivity contribution >= 4 is 39.9 Å². The van der Waals surface area contributed by atoms with Crippen LogP contribution in [0.5, 0.6) is 5.75 Å². The number of ether oxygens (including phenoxy) is 2. The number of aryl methyl sites for hydroxylation is 1. The van der Waals surface area contributed by atoms with E-state index in [1.54, 1.807) is 26.2 Å². The first-order chi connectivity index (χ1) is 17.5. The number of amides is 3. The van der Waals surface area contributed by atoms with Gasteiger partial charge in [0.25, 0.3) is 0 Å². The molecule has 1 unspecified atom stereocenters. The van der Waals surface area contributed by atoms with Crippen molar-refractivity contribution in [2.75, 3.05) is 37.4 Å². The summed E-state index contributed by atoms with van der Waals surface area (Å²) in [5.41, 5.74) is 1.97. The quantitative estimate of drug-likeness (QED) is 0.397. The van der Waals surface area contributed by atoms with Crippen LogP contribution in [0.3, 0.4) is 0 Å². The molecule has 2 aliphatic rings. The van der Waals surface area contributed by atoms with Gasteiger partial charge in [-0.1, -0.05) is 12.1 Å². The number of urea groups is 1. The van der Waals surface area contributed by atoms with Gasteiger partial charge in [-0.2, -0.15) is 0 Å². The van der Waals surface area contributed by atoms with Gasteiger partial charge in [0, 0.05) is 4.88 Å². The number of rotatable bonds is 8. The number of fused-ring (bicyclic) bond motifs is 1. The lowest BCUT2D eigenvalue weighted by Gasteiger charge is -2.30. The summed E-state index contributed by atoms with van der Waals surface area (Å²) in [6.07, 6.45) is 5.25. The van der Waals surface area contributed by atoms with E-state index in [9.17, 15) is 14.4 Å². The minimum absolute atomic E-state index is 0.0345. The molecule has 1 aliphatic heterocycles. The summed E-state index contributed by atoms with van der Waals surface area (Å²) in [6, 6.07) is 5.90. The maximum Gasteiger partial charge on any atom is 0.341 e. The summed E-state index contributed by atoms with van der Waals surface area (Å²) in [5, 5.41) is 12.5. The molecule has 1 atom stereocenters. The number of nitrogens with one attached hydrogen (secondary N) is 4. The molecule has 4 N–H and O–H groups in total. The molecule has 1 fully saturated rings. The normalized spacial score (nSPS) is 16.4. The van der Waals surface area contributed by atoms with Gasteiger partial charge in [0.1, 0.15) is 16.8 Å². The maximum absolute atomic E-state index is 13.4. The summed E-state index contributed by atoms with van der Waals surface area (Å²) in [5.74, 6) is -0.218. The number of hydrogen-bond acceptors (Lipinski definition) is 7. The fourth-order valence-electron chi connectivity index (χ4n) is 4.89. The third-order valence-corrected chi connectivity index (χ3v) is 7.87. The van der Waals surface area contributed by atoms with Crippen LogP contribution in [0.25, 0.3) is 0 Å². The number of benzene rings is 1. The zero-order valence-electron chi connectivity index (χ0n) is 20.8. The topological polar surface area (TPSA) is 118 Å². The van der Waals surface area contributed by atoms with Crippen LogP contribution >= 0.6 is 11.3 Å². The van der Waals surface area contributed by atoms with E-state index in [0.717, 1.165) is 62.1 Å². The standard InChI is InChI=1S/C26H34N4O5S/c1-3-35-25(32)21-17-8-4-7-11-20(17)36-24(21)30-26(33)29-22(16-12-14-27-15-13-16)23(31)28-18-9-5-6-10-19(18)34-2/h5-6,9-10,16,22,27H,3-4,7-8,11-15H2,1-2H3,(H,28,31)(H2,29,30,33). The monoisotopic (exact) mass is 514 g/mol. The minimum atomic E-state index is -0.752. The molecule has 1 saturated heterocycles. The lowest BCUT2D eigenvalue weighted by molar-refractivity contribution is -0.119. The Morgan fingerprint density at radius 3 is 2.61 bits per heavy atom. The lowest BCUT2D eigenvalue weighted by Crippen LogP contribution is -2.52. The predicted octanol–water partition coefficient (Wildman–Crippen LogP) is 3.94. The molecule has 0 radical (unpaired) electrons. The van der Waals surface area contributed by atoms with E-state index in [0.29, 0.717) is 22.0 Å². The van der Waals surface area contributed by atoms with Crippen LogP contribution in [0.2, 0.25) is 0 Å². The average molecular weight is 515 g/mol. The minimum Gasteiger partial charge on any atom is -0.495 e. The molecule has 1 aromatic heterocycles. The first-order valence-electron chi connectivity index (χ1n) is 12.6. The Bertz CT molecular complexity index is 1100. The number of piperidine rings is 1. The number of methoxy groups -OCH3 is 1. The van der Waals surface area contributed by atoms with Crippen LogP contribution in [0, 0.1) is 5.92 Å². The average Bonchev–Trinajstić information content (AvgIpc) is 3.26. The highest BCUT2D eigenvalue weighted by Gasteiger charge is 2.33. The van der Waals surface area contributed by atoms with Crippen molar-refractivity contribution in [1.29, 1.82) is 0 Å². The van der Waals surface area contributed by atoms with E-state index < -0.39 is 18.0 Å². The lowest BCUT2D eigenvalue weighted by atomic mass is 9.89. The molecule has 4 rings (SSSR count). The smallest absolute Gasteiger partial charge is 0.341 e. The molecule has 36 heavy (non-hydrogen) atoms. The van der Waals surface area contributed by atoms with Gasteiger partial charge >= 0.3 is 12.0 Å². The molecule has 2 heterocycles. The number of thiophene rings is 1. The van der Waals surface area contributed by atoms with Gasteiger partial charge in [0.15, 0.2) is 0 Å². The number of hydrogen-bond donors (Lipinski definition) is 4. The molecule has 0 bridgehead atoms. The number of carbonyl (C=O) groups is 3. The first-order valence-corrected chi connectivity index (χ1v) is 13.4. The van der Waals surface area contributed by atoms with Gasteiger partial charge in [0.05, 0.1) is 25.0 Å². The van der Waals surface area contributed by atoms with E-state index >= 15 is 0 Å². The molecule has 2 aromatic rings. The fourth-order valence-corrected chi connectivity index (χ4v) is 6.16. The van der Waals surface area contributed by atoms with Crippen molar-refractivity contribution in [3.05, 3.63) is 40.3 Å². The molecule has 0 saturated carbocycles. The summed E-state index contributed by atoms with van der Waals surface area (Å²) in [7, 11) is 1.54. The van der Waals surface area contributed by atoms with E-state index in [2.05, 4.69) is 21.3 Å². The highest BCUT2D eigenvalue weighted by atomic mass is 32.1. The Hall–Kier alpha value is -3.11. The van der Waals surface area contributed by atoms with Gasteiger partial charge < -0.3 is 25.4 Å². The third kappa shape index (κ3) is 5.99. The predicted molar refractivity (Wildman–Crippen MR) is 140 cm³/mol. The second-order valence-electron chi connectivity index (χ2n) is 8.99. The van der Waals surface area contributed by atoms with E-state index in [4.69, 9.17) is 9.47 Å². The second kappa shape index (κ2) is 12.2. The number of anilines is 2. The summed E-state index contributed by atoms with van der Waals surface area (Å²) < 4.78 is 10.7. The van der Waals surface area contributed by atoms with Gasteiger partial charge in [0.2, 0.25) is 5.91 Å². The Balaban J connectivity index is 1.54. The molecule has 194 valence electrons. The highest BCUT2D eigenvalue weighted by molar-refractivity contribution is 7.17. The van der Waals surface area contributed by atoms with Crippen molar-refractivity contribution in [2.45, 2.75) is 51.5 Å². The molecular weight excluding hydrogens is 480 g/mol. The molecular formula is C26H34N4O5S. The van der Waals surface area contributed by atoms with Crippen molar-refractivity contribution < 1.29 is 23.9 Å². The van der Waals surface area contributed by atoms with E-state index in [1.165, 1.54) is 11.3 Å². The van der Waals surface area contributed by atoms with Crippen molar-refractivity contribution in [2.24, 2.45) is 5.92 Å². The van der Waals surface area contributed by atoms with Crippen molar-refractivity contribution in [1.82, 2.24) is 10.6 Å². The van der Waals surface area contributed by atoms with Crippen LogP contribution in [0.15, 0.2) is 24.3 Å². The molecule has 1 aromatic carbocycles. The van der Waals surface area contributed by atoms with Crippen LogP contribution < -0.4 is 26.0 Å². The van der Waals surface area contributed by atoms with Gasteiger partial charge in [-0.3, -0.25) is 10.1 Å². The van der Waals surface area contributed by atoms with E-state index in [1.807, 2.05) is 12.1 Å². The van der Waals surface area contributed by atoms with Crippen molar-refractivity contribution in [3.63, 3.8) is 0 Å². The van der Waals surface area contributed by atoms with Crippen LogP contribution in [-0.4, -0.2) is 50.8 Å². The second-order valence-corrected chi connectivity index (χ2v) is 10.1. The van der Waals surface area contributed by atoms with Crippen LogP contribution in [0.4, 0.5) is 15.5 Å². The first kappa shape index (κ1) is 26.0. The van der Waals surface area contributed by atoms with Gasteiger partial charge in [-0.05, 0) is 82.2 Å².